The molecule has 0 bridgehead atoms. The quantitative estimate of drug-likeness (QED) is 0.0426. The van der Waals surface area contributed by atoms with Crippen molar-refractivity contribution in [3.05, 3.63) is 0 Å². The summed E-state index contributed by atoms with van der Waals surface area (Å²) in [5.74, 6) is -20.6. The number of nitrogens with one attached hydrogen (secondary N) is 5. The lowest BCUT2D eigenvalue weighted by atomic mass is 10.1. The summed E-state index contributed by atoms with van der Waals surface area (Å²) in [6.07, 6.45) is -3.98. The normalized spacial score (nSPS) is 15.2. The van der Waals surface area contributed by atoms with Gasteiger partial charge in [0.2, 0.25) is 29.5 Å². The Morgan fingerprint density at radius 3 is 0.981 bits per heavy atom. The lowest BCUT2D eigenvalue weighted by Crippen LogP contribution is -2.57. The molecule has 0 aliphatic heterocycles. The maximum atomic E-state index is 13.0. The summed E-state index contributed by atoms with van der Waals surface area (Å²) < 4.78 is 92.9. The lowest BCUT2D eigenvalue weighted by Gasteiger charge is -2.23. The number of carbonyl (C=O) groups excluding carboxylic acids is 5. The van der Waals surface area contributed by atoms with E-state index in [0.29, 0.717) is 0 Å². The van der Waals surface area contributed by atoms with E-state index in [2.05, 4.69) is 0 Å². The average Bonchev–Trinajstić information content (AvgIpc) is 2.92. The zero-order valence-corrected chi connectivity index (χ0v) is 28.2. The smallest absolute Gasteiger partial charge is 0.327 e. The lowest BCUT2D eigenvalue weighted by molar-refractivity contribution is -0.145. The number of amides is 5. The number of carboxylic acids is 4. The van der Waals surface area contributed by atoms with Crippen LogP contribution in [-0.2, 0) is 73.5 Å². The van der Waals surface area contributed by atoms with Crippen molar-refractivity contribution in [2.75, 3.05) is 17.3 Å². The van der Waals surface area contributed by atoms with Crippen LogP contribution < -0.4 is 32.3 Å². The van der Waals surface area contributed by atoms with Crippen molar-refractivity contribution >= 4 is 83.8 Å². The van der Waals surface area contributed by atoms with Gasteiger partial charge in [-0.05, 0) is 0 Å². The monoisotopic (exact) mass is 816 g/mol. The number of hydrogen-bond donors (Lipinski definition) is 13. The predicted octanol–water partition coefficient (Wildman–Crippen LogP) is -8.09. The van der Waals surface area contributed by atoms with Gasteiger partial charge in [0.1, 0.15) is 47.5 Å². The molecule has 0 aromatic rings. The Labute approximate surface area is 291 Å². The molecule has 0 radical (unpaired) electrons. The van der Waals surface area contributed by atoms with Crippen LogP contribution in [0.1, 0.15) is 19.3 Å². The second kappa shape index (κ2) is 19.5. The topological polar surface area (TPSA) is 484 Å². The third-order valence-electron chi connectivity index (χ3n) is 5.80. The van der Waals surface area contributed by atoms with Gasteiger partial charge >= 0.3 is 23.9 Å². The van der Waals surface area contributed by atoms with Gasteiger partial charge in [-0.3, -0.25) is 37.6 Å². The highest BCUT2D eigenvalue weighted by Crippen LogP contribution is 2.04. The van der Waals surface area contributed by atoms with E-state index in [1.165, 1.54) is 0 Å². The van der Waals surface area contributed by atoms with E-state index < -0.39 is 157 Å². The standard InChI is InChI=1S/C21H32N6O22S3/c22-7(1-13(28)23-10(19(35)36)4-50(41,42)43)16(31)26-8(2-14(29)24-11(20(37)38)5-51(44,45)46)17(32)27-9(18(33)34)3-15(30)25-12(21(39)40)6-52(47,48)49/h7-12H,1-6,22H2,(H,23,28)(H,24,29)(H,25,30)(H,26,31)(H,27,32)(H,33,34)(H,35,36)(H,37,38)(H,39,40)(H,41,42,43)(H,44,45,46)(H,47,48,49)/t7-,8-,9-,10?,11?,12?/m0/s1. The molecule has 31 heteroatoms. The van der Waals surface area contributed by atoms with Crippen LogP contribution in [0.3, 0.4) is 0 Å². The Morgan fingerprint density at radius 2 is 0.692 bits per heavy atom. The maximum absolute atomic E-state index is 13.0. The second-order valence-electron chi connectivity index (χ2n) is 10.3. The number of carboxylic acid groups (broad SMARTS) is 4. The van der Waals surface area contributed by atoms with Gasteiger partial charge in [0.25, 0.3) is 30.4 Å². The number of nitrogens with two attached hydrogens (primary N) is 1. The van der Waals surface area contributed by atoms with Crippen molar-refractivity contribution in [3.63, 3.8) is 0 Å². The summed E-state index contributed by atoms with van der Waals surface area (Å²) in [6, 6.07) is -13.8. The molecule has 0 aliphatic rings. The summed E-state index contributed by atoms with van der Waals surface area (Å²) in [6.45, 7) is 0. The minimum absolute atomic E-state index is 1.19. The van der Waals surface area contributed by atoms with Crippen molar-refractivity contribution in [2.45, 2.75) is 55.5 Å². The number of hydrogen-bond acceptors (Lipinski definition) is 16. The molecule has 5 amide bonds. The summed E-state index contributed by atoms with van der Waals surface area (Å²) in [4.78, 5) is 108. The molecule has 0 heterocycles. The molecular weight excluding hydrogens is 784 g/mol. The summed E-state index contributed by atoms with van der Waals surface area (Å²) >= 11 is 0. The van der Waals surface area contributed by atoms with Crippen molar-refractivity contribution in [2.24, 2.45) is 5.73 Å². The second-order valence-corrected chi connectivity index (χ2v) is 14.8. The fraction of sp³-hybridized carbons (Fsp3) is 0.571. The van der Waals surface area contributed by atoms with E-state index in [1.807, 2.05) is 0 Å². The predicted molar refractivity (Wildman–Crippen MR) is 161 cm³/mol. The molecule has 296 valence electrons. The molecule has 0 aliphatic carbocycles. The first-order valence-corrected chi connectivity index (χ1v) is 18.2. The fourth-order valence-corrected chi connectivity index (χ4v) is 5.48. The molecule has 0 fully saturated rings. The molecule has 0 aromatic heterocycles. The molecule has 6 atom stereocenters. The van der Waals surface area contributed by atoms with Crippen LogP contribution in [0.25, 0.3) is 0 Å². The van der Waals surface area contributed by atoms with Gasteiger partial charge in [-0.1, -0.05) is 0 Å². The van der Waals surface area contributed by atoms with Crippen molar-refractivity contribution in [3.8, 4) is 0 Å². The van der Waals surface area contributed by atoms with Gasteiger partial charge in [-0.25, -0.2) is 19.2 Å². The first-order valence-electron chi connectivity index (χ1n) is 13.4. The highest BCUT2D eigenvalue weighted by atomic mass is 32.2. The van der Waals surface area contributed by atoms with E-state index >= 15 is 0 Å². The van der Waals surface area contributed by atoms with Crippen LogP contribution in [-0.4, -0.2) is 166 Å². The van der Waals surface area contributed by atoms with Gasteiger partial charge in [0.15, 0.2) is 0 Å². The van der Waals surface area contributed by atoms with E-state index in [4.69, 9.17) is 34.7 Å². The third kappa shape index (κ3) is 19.9. The highest BCUT2D eigenvalue weighted by Gasteiger charge is 2.35. The SMILES string of the molecule is N[C@@H](CC(=O)NC(CS(=O)(=O)O)C(=O)O)C(=O)N[C@@H](CC(=O)NC(CS(=O)(=O)O)C(=O)O)C(=O)N[C@@H](CC(=O)NC(CS(=O)(=O)O)C(=O)O)C(=O)O. The number of carbonyl (C=O) groups is 9. The van der Waals surface area contributed by atoms with Crippen molar-refractivity contribution in [1.82, 2.24) is 26.6 Å². The van der Waals surface area contributed by atoms with Crippen molar-refractivity contribution < 1.29 is 102 Å². The Balaban J connectivity index is 6.23. The van der Waals surface area contributed by atoms with Gasteiger partial charge in [-0.15, -0.1) is 0 Å². The van der Waals surface area contributed by atoms with Crippen LogP contribution >= 0.6 is 0 Å². The van der Waals surface area contributed by atoms with Crippen LogP contribution in [0.15, 0.2) is 0 Å². The van der Waals surface area contributed by atoms with Crippen LogP contribution in [0.5, 0.6) is 0 Å². The van der Waals surface area contributed by atoms with Crippen LogP contribution in [0, 0.1) is 0 Å². The Morgan fingerprint density at radius 1 is 0.423 bits per heavy atom. The Bertz CT molecular complexity index is 1760. The van der Waals surface area contributed by atoms with Crippen LogP contribution in [0.2, 0.25) is 0 Å². The molecule has 0 rings (SSSR count). The number of rotatable bonds is 23. The molecule has 0 aromatic carbocycles. The van der Waals surface area contributed by atoms with Crippen LogP contribution in [0.4, 0.5) is 0 Å². The average molecular weight is 817 g/mol. The van der Waals surface area contributed by atoms with E-state index in [9.17, 15) is 73.5 Å². The number of aliphatic carboxylic acids is 4. The Hall–Kier alpha value is -5.08. The summed E-state index contributed by atoms with van der Waals surface area (Å²) in [5.41, 5.74) is 5.55. The minimum Gasteiger partial charge on any atom is -0.480 e. The molecule has 0 saturated carbocycles. The fourth-order valence-electron chi connectivity index (χ4n) is 3.54. The molecule has 0 saturated heterocycles. The summed E-state index contributed by atoms with van der Waals surface area (Å²) in [7, 11) is -15.0. The van der Waals surface area contributed by atoms with E-state index in [1.54, 1.807) is 26.6 Å². The zero-order chi connectivity index (χ0) is 40.9. The first kappa shape index (κ1) is 46.9. The van der Waals surface area contributed by atoms with E-state index in [0.717, 1.165) is 0 Å². The molecule has 28 nitrogen and oxygen atoms in total. The molecule has 14 N–H and O–H groups in total. The summed E-state index contributed by atoms with van der Waals surface area (Å²) in [5, 5.41) is 44.8. The molecular formula is C21H32N6O22S3. The highest BCUT2D eigenvalue weighted by molar-refractivity contribution is 7.86. The zero-order valence-electron chi connectivity index (χ0n) is 25.8. The van der Waals surface area contributed by atoms with Gasteiger partial charge in [0, 0.05) is 0 Å². The molecule has 0 spiro atoms. The molecule has 3 unspecified atom stereocenters. The van der Waals surface area contributed by atoms with Gasteiger partial charge in [-0.2, -0.15) is 25.3 Å². The largest absolute Gasteiger partial charge is 0.480 e. The maximum Gasteiger partial charge on any atom is 0.327 e. The van der Waals surface area contributed by atoms with Gasteiger partial charge in [0.05, 0.1) is 25.3 Å². The Kier molecular flexibility index (Phi) is 17.6. The molecule has 52 heavy (non-hydrogen) atoms. The minimum atomic E-state index is -5.06. The van der Waals surface area contributed by atoms with Crippen molar-refractivity contribution in [1.29, 1.82) is 0 Å². The first-order chi connectivity index (χ1) is 23.4. The van der Waals surface area contributed by atoms with Gasteiger partial charge < -0.3 is 52.7 Å². The third-order valence-corrected chi connectivity index (χ3v) is 8.06. The van der Waals surface area contributed by atoms with E-state index in [-0.39, 0.29) is 0 Å².